The first kappa shape index (κ1) is 16.1. The minimum atomic E-state index is -0.569. The average Bonchev–Trinajstić information content (AvgIpc) is 3.03. The van der Waals surface area contributed by atoms with Gasteiger partial charge in [-0.05, 0) is 29.5 Å². The Kier molecular flexibility index (Phi) is 5.13. The number of carbonyl (C=O) groups is 1. The van der Waals surface area contributed by atoms with E-state index in [-0.39, 0.29) is 6.03 Å². The minimum absolute atomic E-state index is 0.242. The molecule has 5 nitrogen and oxygen atoms in total. The lowest BCUT2D eigenvalue weighted by atomic mass is 10.1. The first-order chi connectivity index (χ1) is 11.7. The van der Waals surface area contributed by atoms with Crippen molar-refractivity contribution in [3.8, 4) is 0 Å². The summed E-state index contributed by atoms with van der Waals surface area (Å²) in [5.41, 5.74) is 2.87. The molecule has 0 fully saturated rings. The number of urea groups is 1. The largest absolute Gasteiger partial charge is 0.388 e. The normalized spacial score (nSPS) is 12.0. The van der Waals surface area contributed by atoms with Gasteiger partial charge in [-0.15, -0.1) is 0 Å². The van der Waals surface area contributed by atoms with Crippen LogP contribution in [0.1, 0.15) is 23.8 Å². The highest BCUT2D eigenvalue weighted by Crippen LogP contribution is 2.15. The Balaban J connectivity index is 1.41. The van der Waals surface area contributed by atoms with Crippen molar-refractivity contribution in [2.75, 3.05) is 6.54 Å². The maximum atomic E-state index is 11.8. The SMILES string of the molecule is O=C(NCCC(O)c1ccccc1)NCc1cc2ccccc2[nH]1. The van der Waals surface area contributed by atoms with Crippen LogP contribution in [-0.2, 0) is 6.54 Å². The summed E-state index contributed by atoms with van der Waals surface area (Å²) in [7, 11) is 0. The van der Waals surface area contributed by atoms with Crippen LogP contribution >= 0.6 is 0 Å². The number of aromatic nitrogens is 1. The smallest absolute Gasteiger partial charge is 0.315 e. The van der Waals surface area contributed by atoms with Crippen molar-refractivity contribution in [2.24, 2.45) is 0 Å². The van der Waals surface area contributed by atoms with E-state index in [1.807, 2.05) is 60.7 Å². The monoisotopic (exact) mass is 323 g/mol. The molecule has 2 aromatic carbocycles. The first-order valence-electron chi connectivity index (χ1n) is 8.04. The molecule has 3 rings (SSSR count). The van der Waals surface area contributed by atoms with Gasteiger partial charge in [0.2, 0.25) is 0 Å². The zero-order valence-corrected chi connectivity index (χ0v) is 13.3. The van der Waals surface area contributed by atoms with Gasteiger partial charge in [-0.25, -0.2) is 4.79 Å². The number of fused-ring (bicyclic) bond motifs is 1. The van der Waals surface area contributed by atoms with Gasteiger partial charge in [0.15, 0.2) is 0 Å². The molecule has 124 valence electrons. The summed E-state index contributed by atoms with van der Waals surface area (Å²) >= 11 is 0. The minimum Gasteiger partial charge on any atom is -0.388 e. The van der Waals surface area contributed by atoms with Crippen LogP contribution in [-0.4, -0.2) is 22.7 Å². The number of para-hydroxylation sites is 1. The summed E-state index contributed by atoms with van der Waals surface area (Å²) in [6, 6.07) is 19.2. The third-order valence-corrected chi connectivity index (χ3v) is 3.91. The molecule has 1 atom stereocenters. The van der Waals surface area contributed by atoms with Crippen LogP contribution in [0.15, 0.2) is 60.7 Å². The van der Waals surface area contributed by atoms with Crippen molar-refractivity contribution in [3.05, 3.63) is 71.9 Å². The molecule has 3 aromatic rings. The van der Waals surface area contributed by atoms with Crippen LogP contribution in [0.5, 0.6) is 0 Å². The van der Waals surface area contributed by atoms with Crippen molar-refractivity contribution in [3.63, 3.8) is 0 Å². The summed E-state index contributed by atoms with van der Waals surface area (Å²) < 4.78 is 0. The molecule has 4 N–H and O–H groups in total. The summed E-state index contributed by atoms with van der Waals surface area (Å²) in [4.78, 5) is 15.1. The van der Waals surface area contributed by atoms with Gasteiger partial charge in [-0.2, -0.15) is 0 Å². The molecule has 1 aromatic heterocycles. The molecular formula is C19H21N3O2. The van der Waals surface area contributed by atoms with E-state index < -0.39 is 6.10 Å². The van der Waals surface area contributed by atoms with Crippen LogP contribution < -0.4 is 10.6 Å². The summed E-state index contributed by atoms with van der Waals surface area (Å²) in [6.07, 6.45) is -0.0932. The van der Waals surface area contributed by atoms with Crippen molar-refractivity contribution in [2.45, 2.75) is 19.1 Å². The number of hydrogen-bond donors (Lipinski definition) is 4. The molecule has 0 aliphatic rings. The second-order valence-electron chi connectivity index (χ2n) is 5.71. The van der Waals surface area contributed by atoms with E-state index in [1.54, 1.807) is 0 Å². The third-order valence-electron chi connectivity index (χ3n) is 3.91. The van der Waals surface area contributed by atoms with Crippen LogP contribution in [0.2, 0.25) is 0 Å². The van der Waals surface area contributed by atoms with E-state index in [9.17, 15) is 9.90 Å². The number of rotatable bonds is 6. The highest BCUT2D eigenvalue weighted by atomic mass is 16.3. The van der Waals surface area contributed by atoms with Gasteiger partial charge >= 0.3 is 6.03 Å². The zero-order valence-electron chi connectivity index (χ0n) is 13.3. The molecule has 0 bridgehead atoms. The summed E-state index contributed by atoms with van der Waals surface area (Å²) in [5.74, 6) is 0. The molecule has 5 heteroatoms. The molecule has 0 saturated heterocycles. The Labute approximate surface area is 140 Å². The fourth-order valence-corrected chi connectivity index (χ4v) is 2.63. The number of nitrogens with one attached hydrogen (secondary N) is 3. The number of aliphatic hydroxyl groups is 1. The van der Waals surface area contributed by atoms with Gasteiger partial charge in [0.1, 0.15) is 0 Å². The van der Waals surface area contributed by atoms with Crippen LogP contribution in [0.3, 0.4) is 0 Å². The maximum Gasteiger partial charge on any atom is 0.315 e. The van der Waals surface area contributed by atoms with Gasteiger partial charge in [0.05, 0.1) is 12.6 Å². The topological polar surface area (TPSA) is 77.2 Å². The van der Waals surface area contributed by atoms with Crippen molar-refractivity contribution < 1.29 is 9.90 Å². The molecular weight excluding hydrogens is 302 g/mol. The molecule has 1 unspecified atom stereocenters. The van der Waals surface area contributed by atoms with Gasteiger partial charge in [-0.1, -0.05) is 48.5 Å². The molecule has 0 saturated carbocycles. The molecule has 2 amide bonds. The number of H-pyrrole nitrogens is 1. The van der Waals surface area contributed by atoms with E-state index >= 15 is 0 Å². The molecule has 0 radical (unpaired) electrons. The van der Waals surface area contributed by atoms with Crippen LogP contribution in [0.25, 0.3) is 10.9 Å². The molecule has 1 heterocycles. The van der Waals surface area contributed by atoms with E-state index in [0.29, 0.717) is 19.5 Å². The first-order valence-corrected chi connectivity index (χ1v) is 8.04. The molecule has 24 heavy (non-hydrogen) atoms. The van der Waals surface area contributed by atoms with Crippen LogP contribution in [0, 0.1) is 0 Å². The maximum absolute atomic E-state index is 11.8. The van der Waals surface area contributed by atoms with E-state index in [1.165, 1.54) is 0 Å². The van der Waals surface area contributed by atoms with Crippen molar-refractivity contribution in [1.29, 1.82) is 0 Å². The Morgan fingerprint density at radius 3 is 2.58 bits per heavy atom. The van der Waals surface area contributed by atoms with Gasteiger partial charge in [0.25, 0.3) is 0 Å². The number of benzene rings is 2. The Bertz CT molecular complexity index is 765. The second-order valence-corrected chi connectivity index (χ2v) is 5.71. The lowest BCUT2D eigenvalue weighted by molar-refractivity contribution is 0.167. The van der Waals surface area contributed by atoms with Gasteiger partial charge in [-0.3, -0.25) is 0 Å². The lowest BCUT2D eigenvalue weighted by Crippen LogP contribution is -2.36. The fourth-order valence-electron chi connectivity index (χ4n) is 2.63. The number of hydrogen-bond acceptors (Lipinski definition) is 2. The molecule has 0 aliphatic heterocycles. The third kappa shape index (κ3) is 4.14. The van der Waals surface area contributed by atoms with Gasteiger partial charge < -0.3 is 20.7 Å². The van der Waals surface area contributed by atoms with Crippen LogP contribution in [0.4, 0.5) is 4.79 Å². The predicted molar refractivity (Wildman–Crippen MR) is 94.6 cm³/mol. The number of aromatic amines is 1. The quantitative estimate of drug-likeness (QED) is 0.562. The number of aliphatic hydroxyl groups excluding tert-OH is 1. The number of carbonyl (C=O) groups excluding carboxylic acids is 1. The average molecular weight is 323 g/mol. The predicted octanol–water partition coefficient (Wildman–Crippen LogP) is 3.09. The van der Waals surface area contributed by atoms with Gasteiger partial charge in [0, 0.05) is 17.8 Å². The number of amides is 2. The fraction of sp³-hybridized carbons (Fsp3) is 0.211. The van der Waals surface area contributed by atoms with Crippen molar-refractivity contribution in [1.82, 2.24) is 15.6 Å². The van der Waals surface area contributed by atoms with E-state index in [4.69, 9.17) is 0 Å². The van der Waals surface area contributed by atoms with E-state index in [2.05, 4.69) is 15.6 Å². The highest BCUT2D eigenvalue weighted by molar-refractivity contribution is 5.80. The highest BCUT2D eigenvalue weighted by Gasteiger charge is 2.08. The standard InChI is InChI=1S/C19H21N3O2/c23-18(14-6-2-1-3-7-14)10-11-20-19(24)21-13-16-12-15-8-4-5-9-17(15)22-16/h1-9,12,18,22-23H,10-11,13H2,(H2,20,21,24). The summed E-state index contributed by atoms with van der Waals surface area (Å²) in [6.45, 7) is 0.844. The zero-order chi connectivity index (χ0) is 16.8. The van der Waals surface area contributed by atoms with Crippen molar-refractivity contribution >= 4 is 16.9 Å². The Morgan fingerprint density at radius 2 is 1.79 bits per heavy atom. The second kappa shape index (κ2) is 7.66. The Morgan fingerprint density at radius 1 is 1.04 bits per heavy atom. The Hall–Kier alpha value is -2.79. The summed E-state index contributed by atoms with van der Waals surface area (Å²) in [5, 5.41) is 16.7. The van der Waals surface area contributed by atoms with E-state index in [0.717, 1.165) is 22.2 Å². The lowest BCUT2D eigenvalue weighted by Gasteiger charge is -2.12. The molecule has 0 spiro atoms. The molecule has 0 aliphatic carbocycles.